The van der Waals surface area contributed by atoms with Crippen molar-refractivity contribution in [3.63, 3.8) is 0 Å². The molecule has 0 radical (unpaired) electrons. The quantitative estimate of drug-likeness (QED) is 0.133. The molecule has 0 spiro atoms. The number of aromatic amines is 2. The molecule has 7 aromatic rings. The second-order valence-corrected chi connectivity index (χ2v) is 15.3. The minimum Gasteiger partial charge on any atom is -0.491 e. The zero-order valence-electron chi connectivity index (χ0n) is 32.8. The average Bonchev–Trinajstić information content (AvgIpc) is 4.06. The van der Waals surface area contributed by atoms with Gasteiger partial charge in [0.2, 0.25) is 11.8 Å². The van der Waals surface area contributed by atoms with Gasteiger partial charge in [0.05, 0.1) is 61.2 Å². The van der Waals surface area contributed by atoms with Gasteiger partial charge in [-0.25, -0.2) is 27.5 Å². The van der Waals surface area contributed by atoms with Crippen molar-refractivity contribution >= 4 is 33.9 Å². The van der Waals surface area contributed by atoms with Gasteiger partial charge in [0, 0.05) is 13.1 Å². The average molecular weight is 817 g/mol. The third-order valence-corrected chi connectivity index (χ3v) is 11.6. The Morgan fingerprint density at radius 2 is 0.950 bits per heavy atom. The van der Waals surface area contributed by atoms with E-state index in [4.69, 9.17) is 19.4 Å². The highest BCUT2D eigenvalue weighted by molar-refractivity contribution is 5.85. The molecule has 0 saturated carbocycles. The lowest BCUT2D eigenvalue weighted by molar-refractivity contribution is -0.132. The summed E-state index contributed by atoms with van der Waals surface area (Å²) in [5.74, 6) is -3.46. The molecule has 2 N–H and O–H groups in total. The van der Waals surface area contributed by atoms with E-state index in [1.165, 1.54) is 14.2 Å². The van der Waals surface area contributed by atoms with Crippen molar-refractivity contribution in [2.75, 3.05) is 27.3 Å². The third kappa shape index (κ3) is 7.30. The van der Waals surface area contributed by atoms with E-state index in [1.54, 1.807) is 9.80 Å². The number of rotatable bonds is 10. The summed E-state index contributed by atoms with van der Waals surface area (Å²) in [4.78, 5) is 46.7. The molecule has 306 valence electrons. The Kier molecular flexibility index (Phi) is 10.2. The number of carbonyl (C=O) groups excluding carboxylic acids is 2. The monoisotopic (exact) mass is 816 g/mol. The zero-order chi connectivity index (χ0) is 41.7. The van der Waals surface area contributed by atoms with Crippen LogP contribution in [0.1, 0.15) is 60.5 Å². The van der Waals surface area contributed by atoms with E-state index in [9.17, 15) is 27.2 Å². The molecule has 60 heavy (non-hydrogen) atoms. The third-order valence-electron chi connectivity index (χ3n) is 11.6. The minimum absolute atomic E-state index is 0.144. The summed E-state index contributed by atoms with van der Waals surface area (Å²) >= 11 is 0. The number of likely N-dealkylation sites (tertiary alicyclic amines) is 2. The van der Waals surface area contributed by atoms with Crippen LogP contribution in [0.5, 0.6) is 11.5 Å². The normalized spacial score (nSPS) is 16.6. The molecule has 0 aliphatic carbocycles. The Balaban J connectivity index is 0.882. The summed E-state index contributed by atoms with van der Waals surface area (Å²) in [6.45, 7) is 1.04. The van der Waals surface area contributed by atoms with Gasteiger partial charge in [-0.2, -0.15) is 0 Å². The van der Waals surface area contributed by atoms with E-state index in [0.29, 0.717) is 37.6 Å². The summed E-state index contributed by atoms with van der Waals surface area (Å²) in [6, 6.07) is 24.2. The van der Waals surface area contributed by atoms with E-state index in [1.807, 2.05) is 36.4 Å². The first-order valence-corrected chi connectivity index (χ1v) is 19.8. The molecule has 4 heterocycles. The molecule has 2 amide bonds. The van der Waals surface area contributed by atoms with Crippen molar-refractivity contribution in [1.29, 1.82) is 0 Å². The van der Waals surface area contributed by atoms with Gasteiger partial charge in [-0.15, -0.1) is 0 Å². The maximum Gasteiger partial charge on any atom is 0.227 e. The van der Waals surface area contributed by atoms with Crippen LogP contribution in [0.15, 0.2) is 84.9 Å². The number of methoxy groups -OCH3 is 2. The number of benzene rings is 5. The molecule has 14 heteroatoms. The molecule has 0 bridgehead atoms. The van der Waals surface area contributed by atoms with Crippen LogP contribution in [0.25, 0.3) is 44.3 Å². The van der Waals surface area contributed by atoms with Crippen molar-refractivity contribution in [3.8, 4) is 33.8 Å². The molecule has 2 aliphatic heterocycles. The summed E-state index contributed by atoms with van der Waals surface area (Å²) in [6.07, 6.45) is 2.71. The topological polar surface area (TPSA) is 116 Å². The number of nitrogens with one attached hydrogen (secondary N) is 2. The maximum atomic E-state index is 14.3. The van der Waals surface area contributed by atoms with Crippen LogP contribution >= 0.6 is 0 Å². The van der Waals surface area contributed by atoms with Gasteiger partial charge in [-0.3, -0.25) is 9.59 Å². The molecule has 0 unspecified atom stereocenters. The number of carbonyl (C=O) groups is 2. The van der Waals surface area contributed by atoms with Gasteiger partial charge in [0.25, 0.3) is 0 Å². The molecule has 5 aromatic carbocycles. The van der Waals surface area contributed by atoms with Gasteiger partial charge < -0.3 is 29.2 Å². The number of ether oxygens (including phenoxy) is 2. The molecule has 2 aromatic heterocycles. The lowest BCUT2D eigenvalue weighted by Gasteiger charge is -2.23. The van der Waals surface area contributed by atoms with E-state index < -0.39 is 34.8 Å². The smallest absolute Gasteiger partial charge is 0.227 e. The number of halogens is 4. The highest BCUT2D eigenvalue weighted by atomic mass is 19.1. The van der Waals surface area contributed by atoms with E-state index >= 15 is 0 Å². The fourth-order valence-corrected chi connectivity index (χ4v) is 8.66. The second kappa shape index (κ2) is 15.8. The maximum absolute atomic E-state index is 14.3. The number of nitrogens with zero attached hydrogens (tertiary/aromatic N) is 4. The number of aromatic nitrogens is 4. The summed E-state index contributed by atoms with van der Waals surface area (Å²) in [5, 5.41) is 0. The van der Waals surface area contributed by atoms with E-state index in [-0.39, 0.29) is 47.9 Å². The molecule has 2 saturated heterocycles. The van der Waals surface area contributed by atoms with Crippen molar-refractivity contribution in [2.45, 2.75) is 50.6 Å². The van der Waals surface area contributed by atoms with Gasteiger partial charge >= 0.3 is 0 Å². The number of imidazole rings is 2. The van der Waals surface area contributed by atoms with Crippen molar-refractivity contribution in [2.24, 2.45) is 0 Å². The summed E-state index contributed by atoms with van der Waals surface area (Å²) < 4.78 is 66.8. The number of amides is 2. The highest BCUT2D eigenvalue weighted by Crippen LogP contribution is 2.36. The minimum atomic E-state index is -0.847. The zero-order valence-corrected chi connectivity index (χ0v) is 32.8. The standard InChI is InChI=1S/C46H40F4N6O4/c1-59-43-31(47)17-25(18-32(43)48)21-41(57)55-15-3-5-39(55)45-51-35-13-11-29(23-37(35)53-45)27-7-9-28(10-8-27)30-12-14-36-38(24-30)54-46(52-36)40-6-4-16-56(40)42(58)22-26-19-33(49)44(60-2)34(50)20-26/h7-14,17-20,23-24,39-40H,3-6,15-16,21-22H2,1-2H3,(H,51,53)(H,52,54)/t39-,40-/m0/s1. The fraction of sp³-hybridized carbons (Fsp3) is 0.261. The fourth-order valence-electron chi connectivity index (χ4n) is 8.66. The number of hydrogen-bond donors (Lipinski definition) is 2. The van der Waals surface area contributed by atoms with Crippen LogP contribution in [0.4, 0.5) is 17.6 Å². The first-order valence-electron chi connectivity index (χ1n) is 19.8. The lowest BCUT2D eigenvalue weighted by Crippen LogP contribution is -2.32. The van der Waals surface area contributed by atoms with Crippen LogP contribution in [0.2, 0.25) is 0 Å². The Morgan fingerprint density at radius 1 is 0.583 bits per heavy atom. The van der Waals surface area contributed by atoms with Crippen LogP contribution in [-0.4, -0.2) is 68.9 Å². The van der Waals surface area contributed by atoms with Gasteiger partial charge in [0.1, 0.15) is 11.6 Å². The number of H-pyrrole nitrogens is 2. The summed E-state index contributed by atoms with van der Waals surface area (Å²) in [7, 11) is 2.39. The Bertz CT molecular complexity index is 2550. The Hall–Kier alpha value is -6.70. The lowest BCUT2D eigenvalue weighted by atomic mass is 10.00. The van der Waals surface area contributed by atoms with Gasteiger partial charge in [-0.1, -0.05) is 36.4 Å². The van der Waals surface area contributed by atoms with Crippen LogP contribution in [0.3, 0.4) is 0 Å². The van der Waals surface area contributed by atoms with Crippen molar-refractivity contribution < 1.29 is 36.6 Å². The molecule has 2 fully saturated rings. The number of fused-ring (bicyclic) bond motifs is 2. The van der Waals surface area contributed by atoms with Crippen LogP contribution in [-0.2, 0) is 22.4 Å². The molecular formula is C46H40F4N6O4. The second-order valence-electron chi connectivity index (χ2n) is 15.3. The summed E-state index contributed by atoms with van der Waals surface area (Å²) in [5.41, 5.74) is 7.65. The predicted octanol–water partition coefficient (Wildman–Crippen LogP) is 9.16. The first kappa shape index (κ1) is 38.8. The molecule has 9 rings (SSSR count). The number of hydrogen-bond acceptors (Lipinski definition) is 6. The molecular weight excluding hydrogens is 777 g/mol. The Morgan fingerprint density at radius 3 is 1.32 bits per heavy atom. The van der Waals surface area contributed by atoms with Gasteiger partial charge in [-0.05, 0) is 108 Å². The largest absolute Gasteiger partial charge is 0.491 e. The van der Waals surface area contributed by atoms with Crippen molar-refractivity contribution in [1.82, 2.24) is 29.7 Å². The van der Waals surface area contributed by atoms with E-state index in [2.05, 4.69) is 34.2 Å². The Labute approximate surface area is 342 Å². The molecule has 2 atom stereocenters. The SMILES string of the molecule is COc1c(F)cc(CC(=O)N2CCC[C@H]2c2nc3ccc(-c4ccc(-c5ccc6nc([C@@H]7CCCN7C(=O)Cc7cc(F)c(OC)c(F)c7)[nH]c6c5)cc4)cc3[nH]2)cc1F. The van der Waals surface area contributed by atoms with Gasteiger partial charge in [0.15, 0.2) is 34.8 Å². The molecule has 10 nitrogen and oxygen atoms in total. The molecule has 2 aliphatic rings. The highest BCUT2D eigenvalue weighted by Gasteiger charge is 2.34. The van der Waals surface area contributed by atoms with Crippen LogP contribution < -0.4 is 9.47 Å². The van der Waals surface area contributed by atoms with Crippen LogP contribution in [0, 0.1) is 23.3 Å². The van der Waals surface area contributed by atoms with Crippen molar-refractivity contribution in [3.05, 3.63) is 131 Å². The van der Waals surface area contributed by atoms with E-state index in [0.717, 1.165) is 81.4 Å². The first-order chi connectivity index (χ1) is 29.1. The predicted molar refractivity (Wildman–Crippen MR) is 217 cm³/mol.